The fraction of sp³-hybridized carbons (Fsp3) is 0.909. The van der Waals surface area contributed by atoms with Gasteiger partial charge in [0.2, 0.25) is 24.1 Å². The lowest BCUT2D eigenvalue weighted by molar-refractivity contribution is -0.404. The van der Waals surface area contributed by atoms with E-state index in [1.54, 1.807) is 0 Å². The normalized spacial score (nSPS) is 45.3. The van der Waals surface area contributed by atoms with Gasteiger partial charge in [-0.2, -0.15) is 0 Å². The summed E-state index contributed by atoms with van der Waals surface area (Å²) < 4.78 is 82.6. The lowest BCUT2D eigenvalue weighted by atomic mass is 9.88. The number of aliphatic hydroxyl groups excluding tert-OH is 20. The Kier molecular flexibility index (Phi) is 30.0. The molecule has 7 aliphatic rings. The summed E-state index contributed by atoms with van der Waals surface area (Å²) in [5.74, 6) is -8.53. The summed E-state index contributed by atoms with van der Waals surface area (Å²) in [4.78, 5) is 63.4. The Morgan fingerprint density at radius 1 is 0.475 bits per heavy atom. The van der Waals surface area contributed by atoms with Gasteiger partial charge in [0.1, 0.15) is 159 Å². The number of rotatable bonds is 30. The molecule has 44 heteroatoms. The molecule has 7 heterocycles. The Bertz CT molecular complexity index is 2580. The minimum absolute atomic E-state index is 0.220. The second kappa shape index (κ2) is 36.1. The number of ether oxygens (including phenoxy) is 14. The van der Waals surface area contributed by atoms with Gasteiger partial charge < -0.3 is 195 Å². The number of hydrogen-bond donors (Lipinski definition) is 25. The number of aliphatic hydroxyl groups is 20. The number of aliphatic carboxylic acids is 1. The molecule has 7 saturated heterocycles. The van der Waals surface area contributed by atoms with Gasteiger partial charge in [-0.15, -0.1) is 0 Å². The Balaban J connectivity index is 1.26. The SMILES string of the molecule is CC(=O)N[C@H]1[C@H](O[C@H]2[C@@H](O)[C@@H](CO)O[C@@H](O[C@H]3[C@@H](O)[C@@H](CO)O[C@@H](O[C@@H]4[C@H](O[C@]5(C(=O)O)C[C@H](O)[C@@H](NC(C)=O)[C@H]([C@H](O)[C@H](O)CO)O5)[C@@H](O)[C@H](O[C@H]5[C@H](O)[C@@H](O)[C@H](OC[C@@H](CO)NC=O)O[C@@H]5CO)O[C@@H]4CO)[C@@H]3NC(C)=O)[C@@H]2O)O[C@H](CO)[C@H](O)[C@@H]1O[C@@H]1O[C@@H](C)[C@@H](O)[C@@H](O)[C@@H]1O. The number of hydrogen-bond acceptors (Lipinski definition) is 39. The van der Waals surface area contributed by atoms with Crippen LogP contribution in [0.25, 0.3) is 0 Å². The molecule has 0 unspecified atom stereocenters. The number of carboxylic acids is 1. The number of carboxylic acid groups (broad SMARTS) is 1. The van der Waals surface area contributed by atoms with Gasteiger partial charge in [-0.3, -0.25) is 19.2 Å². The zero-order valence-corrected chi connectivity index (χ0v) is 53.4. The summed E-state index contributed by atoms with van der Waals surface area (Å²) in [7, 11) is 0. The molecule has 0 saturated carbocycles. The van der Waals surface area contributed by atoms with Crippen LogP contribution in [0.2, 0.25) is 0 Å². The highest BCUT2D eigenvalue weighted by Crippen LogP contribution is 2.42. The third-order valence-corrected chi connectivity index (χ3v) is 17.6. The molecule has 0 radical (unpaired) electrons. The van der Waals surface area contributed by atoms with E-state index in [1.807, 2.05) is 0 Å². The molecule has 0 bridgehead atoms. The Morgan fingerprint density at radius 3 is 1.36 bits per heavy atom. The largest absolute Gasteiger partial charge is 0.477 e. The van der Waals surface area contributed by atoms with Gasteiger partial charge in [-0.05, 0) is 6.92 Å². The van der Waals surface area contributed by atoms with Gasteiger partial charge in [-0.25, -0.2) is 4.79 Å². The van der Waals surface area contributed by atoms with E-state index >= 15 is 0 Å². The molecule has 7 rings (SSSR count). The zero-order chi connectivity index (χ0) is 73.4. The van der Waals surface area contributed by atoms with Crippen molar-refractivity contribution >= 4 is 30.1 Å². The summed E-state index contributed by atoms with van der Waals surface area (Å²) >= 11 is 0. The molecule has 7 fully saturated rings. The molecular weight excluding hydrogens is 1360 g/mol. The lowest BCUT2D eigenvalue weighted by Crippen LogP contribution is -2.72. The maximum absolute atomic E-state index is 13.8. The molecule has 0 aromatic rings. The average molecular weight is 1450 g/mol. The zero-order valence-electron chi connectivity index (χ0n) is 53.4. The first kappa shape index (κ1) is 82.3. The number of amides is 4. The summed E-state index contributed by atoms with van der Waals surface area (Å²) in [5, 5.41) is 241. The van der Waals surface area contributed by atoms with Crippen molar-refractivity contribution in [2.24, 2.45) is 0 Å². The fourth-order valence-electron chi connectivity index (χ4n) is 12.4. The lowest BCUT2D eigenvalue weighted by Gasteiger charge is -2.53. The molecule has 0 aromatic heterocycles. The Labute approximate surface area is 561 Å². The van der Waals surface area contributed by atoms with Crippen molar-refractivity contribution in [3.05, 3.63) is 0 Å². The van der Waals surface area contributed by atoms with Gasteiger partial charge in [-0.1, -0.05) is 0 Å². The van der Waals surface area contributed by atoms with Crippen molar-refractivity contribution in [3.8, 4) is 0 Å². The first-order valence-corrected chi connectivity index (χ1v) is 31.3. The molecule has 0 aromatic carbocycles. The molecule has 37 atom stereocenters. The molecule has 7 aliphatic heterocycles. The molecule has 44 nitrogen and oxygen atoms in total. The van der Waals surface area contributed by atoms with Crippen LogP contribution >= 0.6 is 0 Å². The third-order valence-electron chi connectivity index (χ3n) is 17.6. The van der Waals surface area contributed by atoms with Crippen molar-refractivity contribution in [3.63, 3.8) is 0 Å². The maximum atomic E-state index is 13.8. The van der Waals surface area contributed by atoms with Crippen molar-refractivity contribution in [2.45, 2.75) is 261 Å². The van der Waals surface area contributed by atoms with Crippen molar-refractivity contribution < 1.29 is 198 Å². The van der Waals surface area contributed by atoms with Crippen LogP contribution in [0.4, 0.5) is 0 Å². The maximum Gasteiger partial charge on any atom is 0.364 e. The van der Waals surface area contributed by atoms with E-state index in [4.69, 9.17) is 66.3 Å². The molecule has 4 amide bonds. The van der Waals surface area contributed by atoms with Crippen LogP contribution in [0.1, 0.15) is 34.1 Å². The number of carbonyl (C=O) groups excluding carboxylic acids is 4. The average Bonchev–Trinajstić information content (AvgIpc) is 0.754. The van der Waals surface area contributed by atoms with Gasteiger partial charge in [0, 0.05) is 27.2 Å². The molecule has 572 valence electrons. The first-order chi connectivity index (χ1) is 46.8. The van der Waals surface area contributed by atoms with E-state index < -0.39 is 309 Å². The highest BCUT2D eigenvalue weighted by molar-refractivity contribution is 5.77. The minimum Gasteiger partial charge on any atom is -0.477 e. The number of carbonyl (C=O) groups is 5. The molecule has 0 spiro atoms. The van der Waals surface area contributed by atoms with Gasteiger partial charge in [0.05, 0.1) is 77.1 Å². The van der Waals surface area contributed by atoms with Crippen LogP contribution in [-0.2, 0) is 90.3 Å². The highest BCUT2D eigenvalue weighted by Gasteiger charge is 2.63. The molecule has 0 aliphatic carbocycles. The second-order valence-electron chi connectivity index (χ2n) is 24.7. The highest BCUT2D eigenvalue weighted by atomic mass is 16.8. The Morgan fingerprint density at radius 2 is 0.889 bits per heavy atom. The quantitative estimate of drug-likeness (QED) is 0.0297. The number of nitrogens with one attached hydrogen (secondary N) is 4. The fourth-order valence-corrected chi connectivity index (χ4v) is 12.4. The van der Waals surface area contributed by atoms with E-state index in [0.717, 1.165) is 20.8 Å². The predicted octanol–water partition coefficient (Wildman–Crippen LogP) is -16.5. The Hall–Kier alpha value is -4.01. The van der Waals surface area contributed by atoms with E-state index in [1.165, 1.54) is 6.92 Å². The summed E-state index contributed by atoms with van der Waals surface area (Å²) in [6.07, 6.45) is -68.2. The summed E-state index contributed by atoms with van der Waals surface area (Å²) in [6, 6.07) is -6.79. The van der Waals surface area contributed by atoms with Crippen LogP contribution in [-0.4, -0.2) is 417 Å². The second-order valence-corrected chi connectivity index (χ2v) is 24.7. The van der Waals surface area contributed by atoms with Crippen LogP contribution < -0.4 is 21.3 Å². The van der Waals surface area contributed by atoms with Gasteiger partial charge in [0.15, 0.2) is 37.7 Å². The van der Waals surface area contributed by atoms with Crippen LogP contribution in [0.15, 0.2) is 0 Å². The van der Waals surface area contributed by atoms with Crippen LogP contribution in [0.5, 0.6) is 0 Å². The van der Waals surface area contributed by atoms with Crippen molar-refractivity contribution in [1.82, 2.24) is 21.3 Å². The first-order valence-electron chi connectivity index (χ1n) is 31.3. The smallest absolute Gasteiger partial charge is 0.364 e. The van der Waals surface area contributed by atoms with Crippen LogP contribution in [0, 0.1) is 0 Å². The van der Waals surface area contributed by atoms with Crippen molar-refractivity contribution in [2.75, 3.05) is 52.9 Å². The predicted molar refractivity (Wildman–Crippen MR) is 306 cm³/mol. The molecule has 25 N–H and O–H groups in total. The minimum atomic E-state index is -3.46. The van der Waals surface area contributed by atoms with E-state index in [0.29, 0.717) is 0 Å². The van der Waals surface area contributed by atoms with Crippen LogP contribution in [0.3, 0.4) is 0 Å². The molecular formula is C55H92N4O40. The third kappa shape index (κ3) is 18.6. The standard InChI is InChI=1S/C55H92N4O40/c1-15-30(73)35(78)37(80)51(87-15)95-43-29(59-18(4)70)49(89-23(9-63)32(43)75)97-46-34(77)24(10-64)90-52(39(46)82)96-44-28(58-17(3)69)48(88-22(8-62)33(44)76)94-42-26(12-66)92-53(93-41-25(11-65)91-50(38(81)36(41)79)86-13-19(6-60)56-14-67)40(83)47(42)99-55(54(84)85)5-20(71)27(57-16(2)68)45(98-55)31(74)21(72)7-61/h14-15,19-53,60-66,71-83H,5-13H2,1-4H3,(H,56,67)(H,57,68)(H,58,69)(H,59,70)(H,84,85)/t15-,19+,20-,21+,22+,23+,24+,25+,26+,27+,28+,29+,30+,31+,32-,33-,34-,35+,36+,37-,38+,39+,40+,41+,42-,43+,44+,45+,46-,47+,48-,49-,50+,51-,52-,53-,55-/m0/s1. The topological polar surface area (TPSA) is 688 Å². The van der Waals surface area contributed by atoms with E-state index in [-0.39, 0.29) is 6.41 Å². The van der Waals surface area contributed by atoms with E-state index in [9.17, 15) is 131 Å². The molecule has 99 heavy (non-hydrogen) atoms. The summed E-state index contributed by atoms with van der Waals surface area (Å²) in [5.41, 5.74) is 0. The van der Waals surface area contributed by atoms with E-state index in [2.05, 4.69) is 21.3 Å². The summed E-state index contributed by atoms with van der Waals surface area (Å²) in [6.45, 7) is -4.23. The van der Waals surface area contributed by atoms with Gasteiger partial charge >= 0.3 is 5.97 Å². The van der Waals surface area contributed by atoms with Gasteiger partial charge in [0.25, 0.3) is 5.79 Å². The van der Waals surface area contributed by atoms with Crippen molar-refractivity contribution in [1.29, 1.82) is 0 Å². The monoisotopic (exact) mass is 1450 g/mol.